The third-order valence-corrected chi connectivity index (χ3v) is 5.09. The van der Waals surface area contributed by atoms with E-state index in [4.69, 9.17) is 5.11 Å². The first-order valence-corrected chi connectivity index (χ1v) is 9.51. The fourth-order valence-electron chi connectivity index (χ4n) is 2.50. The van der Waals surface area contributed by atoms with E-state index in [9.17, 15) is 9.59 Å². The molecule has 6 heteroatoms. The van der Waals surface area contributed by atoms with E-state index in [1.54, 1.807) is 6.08 Å². The van der Waals surface area contributed by atoms with E-state index < -0.39 is 5.97 Å². The maximum absolute atomic E-state index is 12.3. The summed E-state index contributed by atoms with van der Waals surface area (Å²) in [6.45, 7) is 3.95. The van der Waals surface area contributed by atoms with Gasteiger partial charge in [0.05, 0.1) is 5.69 Å². The molecule has 1 aromatic heterocycles. The Morgan fingerprint density at radius 3 is 2.58 bits per heavy atom. The molecule has 0 aliphatic rings. The number of anilines is 1. The molecule has 0 bridgehead atoms. The largest absolute Gasteiger partial charge is 0.478 e. The number of aryl methyl sites for hydroxylation is 3. The average molecular weight is 372 g/mol. The van der Waals surface area contributed by atoms with E-state index in [1.807, 2.05) is 38.1 Å². The number of carboxylic acids is 1. The summed E-state index contributed by atoms with van der Waals surface area (Å²) in [4.78, 5) is 28.3. The summed E-state index contributed by atoms with van der Waals surface area (Å²) in [5.74, 6) is -1.04. The summed E-state index contributed by atoms with van der Waals surface area (Å²) >= 11 is 1.52. The normalized spacial score (nSPS) is 11.0. The molecular weight excluding hydrogens is 348 g/mol. The fraction of sp³-hybridized carbons (Fsp3) is 0.350. The van der Waals surface area contributed by atoms with Gasteiger partial charge in [-0.05, 0) is 51.7 Å². The van der Waals surface area contributed by atoms with Gasteiger partial charge >= 0.3 is 5.97 Å². The number of aliphatic carboxylic acids is 1. The number of thiazole rings is 1. The quantitative estimate of drug-likeness (QED) is 0.491. The smallest absolute Gasteiger partial charge is 0.327 e. The predicted molar refractivity (Wildman–Crippen MR) is 105 cm³/mol. The van der Waals surface area contributed by atoms with E-state index in [1.165, 1.54) is 22.3 Å². The number of hydrogen-bond acceptors (Lipinski definition) is 4. The monoisotopic (exact) mass is 372 g/mol. The van der Waals surface area contributed by atoms with Crippen molar-refractivity contribution in [1.29, 1.82) is 0 Å². The first kappa shape index (κ1) is 19.8. The van der Waals surface area contributed by atoms with Crippen LogP contribution < -0.4 is 5.32 Å². The van der Waals surface area contributed by atoms with Crippen LogP contribution in [0.2, 0.25) is 0 Å². The van der Waals surface area contributed by atoms with E-state index in [-0.39, 0.29) is 5.91 Å². The Bertz CT molecular complexity index is 779. The summed E-state index contributed by atoms with van der Waals surface area (Å²) in [5, 5.41) is 12.0. The lowest BCUT2D eigenvalue weighted by Crippen LogP contribution is -2.11. The molecule has 0 spiro atoms. The van der Waals surface area contributed by atoms with Crippen LogP contribution in [0.15, 0.2) is 36.4 Å². The van der Waals surface area contributed by atoms with Gasteiger partial charge in [0.25, 0.3) is 5.91 Å². The minimum Gasteiger partial charge on any atom is -0.478 e. The van der Waals surface area contributed by atoms with E-state index in [0.717, 1.165) is 43.4 Å². The van der Waals surface area contributed by atoms with Gasteiger partial charge in [0, 0.05) is 16.5 Å². The zero-order valence-electron chi connectivity index (χ0n) is 15.1. The summed E-state index contributed by atoms with van der Waals surface area (Å²) in [6.07, 6.45) is 7.62. The van der Waals surface area contributed by atoms with Crippen LogP contribution >= 0.6 is 11.3 Å². The molecule has 1 aromatic carbocycles. The van der Waals surface area contributed by atoms with Gasteiger partial charge in [0.15, 0.2) is 5.13 Å². The molecule has 0 atom stereocenters. The molecule has 138 valence electrons. The molecule has 0 aliphatic carbocycles. The van der Waals surface area contributed by atoms with Crippen LogP contribution in [0.5, 0.6) is 0 Å². The molecule has 0 saturated carbocycles. The molecule has 0 radical (unpaired) electrons. The highest BCUT2D eigenvalue weighted by Gasteiger charge is 2.11. The van der Waals surface area contributed by atoms with Crippen LogP contribution in [0, 0.1) is 13.8 Å². The molecule has 1 heterocycles. The summed E-state index contributed by atoms with van der Waals surface area (Å²) in [6, 6.07) is 7.45. The van der Waals surface area contributed by atoms with Crippen LogP contribution in [0.25, 0.3) is 0 Å². The Morgan fingerprint density at radius 2 is 1.88 bits per heavy atom. The van der Waals surface area contributed by atoms with Crippen LogP contribution in [-0.4, -0.2) is 22.0 Å². The first-order valence-electron chi connectivity index (χ1n) is 8.69. The van der Waals surface area contributed by atoms with Crippen molar-refractivity contribution in [3.63, 3.8) is 0 Å². The lowest BCUT2D eigenvalue weighted by Gasteiger charge is -2.01. The van der Waals surface area contributed by atoms with Gasteiger partial charge < -0.3 is 5.11 Å². The van der Waals surface area contributed by atoms with Gasteiger partial charge in [-0.1, -0.05) is 30.2 Å². The SMILES string of the molecule is Cc1ccc(C(=O)Nc2nc(C)c(CCCCCC=CC(=O)O)s2)cc1. The molecule has 2 N–H and O–H groups in total. The van der Waals surface area contributed by atoms with Crippen LogP contribution in [0.4, 0.5) is 5.13 Å². The van der Waals surface area contributed by atoms with Crippen molar-refractivity contribution in [2.45, 2.75) is 46.0 Å². The lowest BCUT2D eigenvalue weighted by molar-refractivity contribution is -0.131. The number of unbranched alkanes of at least 4 members (excludes halogenated alkanes) is 3. The van der Waals surface area contributed by atoms with Crippen molar-refractivity contribution in [3.05, 3.63) is 58.1 Å². The molecule has 0 unspecified atom stereocenters. The maximum atomic E-state index is 12.3. The second kappa shape index (κ2) is 9.87. The molecule has 2 aromatic rings. The van der Waals surface area contributed by atoms with Crippen LogP contribution in [0.1, 0.15) is 52.2 Å². The lowest BCUT2D eigenvalue weighted by atomic mass is 10.1. The number of hydrogen-bond donors (Lipinski definition) is 2. The molecule has 26 heavy (non-hydrogen) atoms. The number of benzene rings is 1. The molecule has 0 fully saturated rings. The highest BCUT2D eigenvalue weighted by Crippen LogP contribution is 2.25. The standard InChI is InChI=1S/C20H24N2O3S/c1-14-10-12-16(13-11-14)19(25)22-20-21-15(2)17(26-20)8-6-4-3-5-7-9-18(23)24/h7,9-13H,3-6,8H2,1-2H3,(H,23,24)(H,21,22,25). The second-order valence-corrected chi connectivity index (χ2v) is 7.27. The zero-order chi connectivity index (χ0) is 18.9. The molecule has 1 amide bonds. The van der Waals surface area contributed by atoms with Crippen molar-refractivity contribution < 1.29 is 14.7 Å². The van der Waals surface area contributed by atoms with Gasteiger partial charge in [-0.15, -0.1) is 11.3 Å². The minimum atomic E-state index is -0.898. The topological polar surface area (TPSA) is 79.3 Å². The summed E-state index contributed by atoms with van der Waals surface area (Å²) in [7, 11) is 0. The molecule has 2 rings (SSSR count). The zero-order valence-corrected chi connectivity index (χ0v) is 15.9. The minimum absolute atomic E-state index is 0.143. The van der Waals surface area contributed by atoms with Gasteiger partial charge in [0.2, 0.25) is 0 Å². The van der Waals surface area contributed by atoms with Crippen molar-refractivity contribution in [2.24, 2.45) is 0 Å². The summed E-state index contributed by atoms with van der Waals surface area (Å²) in [5.41, 5.74) is 2.70. The molecule has 0 aliphatic heterocycles. The van der Waals surface area contributed by atoms with Crippen molar-refractivity contribution in [1.82, 2.24) is 4.98 Å². The number of carbonyl (C=O) groups is 2. The third kappa shape index (κ3) is 6.44. The number of carbonyl (C=O) groups excluding carboxylic acids is 1. The Balaban J connectivity index is 1.80. The van der Waals surface area contributed by atoms with Gasteiger partial charge in [-0.3, -0.25) is 10.1 Å². The number of amides is 1. The Kier molecular flexibility index (Phi) is 7.53. The van der Waals surface area contributed by atoms with Gasteiger partial charge in [-0.25, -0.2) is 9.78 Å². The van der Waals surface area contributed by atoms with E-state index in [2.05, 4.69) is 10.3 Å². The van der Waals surface area contributed by atoms with Crippen molar-refractivity contribution >= 4 is 28.3 Å². The molecular formula is C20H24N2O3S. The predicted octanol–water partition coefficient (Wildman–Crippen LogP) is 4.76. The summed E-state index contributed by atoms with van der Waals surface area (Å²) < 4.78 is 0. The number of allylic oxidation sites excluding steroid dienone is 1. The van der Waals surface area contributed by atoms with E-state index in [0.29, 0.717) is 10.7 Å². The number of carboxylic acid groups (broad SMARTS) is 1. The van der Waals surface area contributed by atoms with Crippen molar-refractivity contribution in [3.8, 4) is 0 Å². The maximum Gasteiger partial charge on any atom is 0.327 e. The number of nitrogens with zero attached hydrogens (tertiary/aromatic N) is 1. The van der Waals surface area contributed by atoms with Gasteiger partial charge in [-0.2, -0.15) is 0 Å². The number of rotatable bonds is 9. The van der Waals surface area contributed by atoms with Gasteiger partial charge in [0.1, 0.15) is 0 Å². The third-order valence-electron chi connectivity index (χ3n) is 3.96. The van der Waals surface area contributed by atoms with Crippen molar-refractivity contribution in [2.75, 3.05) is 5.32 Å². The highest BCUT2D eigenvalue weighted by molar-refractivity contribution is 7.15. The molecule has 5 nitrogen and oxygen atoms in total. The second-order valence-electron chi connectivity index (χ2n) is 6.19. The fourth-order valence-corrected chi connectivity index (χ4v) is 3.50. The average Bonchev–Trinajstić information content (AvgIpc) is 2.93. The molecule has 0 saturated heterocycles. The number of nitrogens with one attached hydrogen (secondary N) is 1. The Hall–Kier alpha value is -2.47. The van der Waals surface area contributed by atoms with Crippen LogP contribution in [0.3, 0.4) is 0 Å². The van der Waals surface area contributed by atoms with Crippen LogP contribution in [-0.2, 0) is 11.2 Å². The first-order chi connectivity index (χ1) is 12.5. The Labute approximate surface area is 157 Å². The highest BCUT2D eigenvalue weighted by atomic mass is 32.1. The van der Waals surface area contributed by atoms with E-state index >= 15 is 0 Å². The Morgan fingerprint density at radius 1 is 1.15 bits per heavy atom. The number of aromatic nitrogens is 1.